The Hall–Kier alpha value is -2.96. The lowest BCUT2D eigenvalue weighted by Crippen LogP contribution is -2.52. The molecule has 1 heterocycles. The Bertz CT molecular complexity index is 1150. The van der Waals surface area contributed by atoms with Crippen LogP contribution in [0.2, 0.25) is 0 Å². The zero-order chi connectivity index (χ0) is 26.2. The third kappa shape index (κ3) is 7.08. The molecule has 0 bridgehead atoms. The van der Waals surface area contributed by atoms with Crippen LogP contribution in [0.5, 0.6) is 0 Å². The number of Topliss-reactive ketones (excluding diaryl/α,β-unsaturated/α-hetero) is 1. The van der Waals surface area contributed by atoms with E-state index in [0.29, 0.717) is 18.5 Å². The van der Waals surface area contributed by atoms with Crippen LogP contribution >= 0.6 is 24.8 Å². The number of hydrogen-bond donors (Lipinski definition) is 2. The molecule has 6 heteroatoms. The summed E-state index contributed by atoms with van der Waals surface area (Å²) in [6.45, 7) is 0.407. The quantitative estimate of drug-likeness (QED) is 0.133. The van der Waals surface area contributed by atoms with E-state index in [9.17, 15) is 14.7 Å². The summed E-state index contributed by atoms with van der Waals surface area (Å²) in [5, 5.41) is 10.0. The molecule has 4 rings (SSSR count). The summed E-state index contributed by atoms with van der Waals surface area (Å²) >= 11 is 10.0. The molecule has 4 nitrogen and oxygen atoms in total. The lowest BCUT2D eigenvalue weighted by molar-refractivity contribution is -0.129. The maximum absolute atomic E-state index is 13.1. The number of thiocarbonyl (C=S) groups is 1. The first kappa shape index (κ1) is 27.1. The van der Waals surface area contributed by atoms with Crippen LogP contribution in [-0.4, -0.2) is 44.6 Å². The summed E-state index contributed by atoms with van der Waals surface area (Å²) in [7, 11) is 0. The first-order valence-corrected chi connectivity index (χ1v) is 13.8. The predicted octanol–water partition coefficient (Wildman–Crippen LogP) is 6.66. The van der Waals surface area contributed by atoms with E-state index in [0.717, 1.165) is 25.7 Å². The molecule has 37 heavy (non-hydrogen) atoms. The Morgan fingerprint density at radius 3 is 1.97 bits per heavy atom. The summed E-state index contributed by atoms with van der Waals surface area (Å²) in [5.41, 5.74) is 2.90. The van der Waals surface area contributed by atoms with Crippen LogP contribution in [-0.2, 0) is 4.79 Å². The first-order valence-electron chi connectivity index (χ1n) is 12.8. The molecule has 1 amide bonds. The van der Waals surface area contributed by atoms with E-state index in [-0.39, 0.29) is 22.1 Å². The number of aliphatic hydroxyl groups is 1. The number of carbonyl (C=O) groups is 2. The molecule has 1 N–H and O–H groups in total. The summed E-state index contributed by atoms with van der Waals surface area (Å²) in [4.78, 5) is 27.5. The smallest absolute Gasteiger partial charge is 0.295 e. The van der Waals surface area contributed by atoms with Crippen molar-refractivity contribution in [1.82, 2.24) is 4.90 Å². The van der Waals surface area contributed by atoms with E-state index in [1.54, 1.807) is 30.3 Å². The number of likely N-dealkylation sites (tertiary alicyclic amines) is 1. The molecular formula is C31H33NO3S2. The van der Waals surface area contributed by atoms with Gasteiger partial charge >= 0.3 is 0 Å². The number of amides is 1. The second-order valence-corrected chi connectivity index (χ2v) is 10.9. The Balaban J connectivity index is 1.40. The number of rotatable bonds is 10. The predicted molar refractivity (Wildman–Crippen MR) is 156 cm³/mol. The number of nitrogens with zero attached hydrogens (tertiary/aromatic N) is 1. The van der Waals surface area contributed by atoms with Crippen molar-refractivity contribution < 1.29 is 14.7 Å². The van der Waals surface area contributed by atoms with E-state index >= 15 is 0 Å². The maximum Gasteiger partial charge on any atom is 0.295 e. The van der Waals surface area contributed by atoms with E-state index in [4.69, 9.17) is 24.8 Å². The van der Waals surface area contributed by atoms with Crippen molar-refractivity contribution in [2.75, 3.05) is 6.54 Å². The zero-order valence-electron chi connectivity index (χ0n) is 20.8. The van der Waals surface area contributed by atoms with Gasteiger partial charge in [-0.3, -0.25) is 9.59 Å². The van der Waals surface area contributed by atoms with Gasteiger partial charge in [0.25, 0.3) is 5.91 Å². The highest BCUT2D eigenvalue weighted by atomic mass is 32.1. The Labute approximate surface area is 230 Å². The van der Waals surface area contributed by atoms with E-state index in [1.807, 2.05) is 12.1 Å². The van der Waals surface area contributed by atoms with Crippen LogP contribution in [0.4, 0.5) is 0 Å². The van der Waals surface area contributed by atoms with Crippen molar-refractivity contribution in [1.29, 1.82) is 0 Å². The standard InChI is InChI=1S/C31H33NO3S2/c33-29(25-14-8-3-9-15-25)30(34)32-21-22(17-19-28(32)31(35)37)16-18-26(36)20-27(23-10-4-1-5-11-23)24-12-6-2-7-13-24/h1-15,22,26-28,36H,16-21H2,(H,35,37). The number of ketones is 1. The summed E-state index contributed by atoms with van der Waals surface area (Å²) in [6, 6.07) is 29.0. The van der Waals surface area contributed by atoms with Gasteiger partial charge in [0.2, 0.25) is 5.78 Å². The van der Waals surface area contributed by atoms with Gasteiger partial charge in [0, 0.05) is 23.3 Å². The Morgan fingerprint density at radius 1 is 0.892 bits per heavy atom. The Morgan fingerprint density at radius 2 is 1.43 bits per heavy atom. The lowest BCUT2D eigenvalue weighted by Gasteiger charge is -2.38. The van der Waals surface area contributed by atoms with Crippen molar-refractivity contribution in [2.24, 2.45) is 5.92 Å². The number of hydrogen-bond acceptors (Lipinski definition) is 4. The minimum Gasteiger partial charge on any atom is -0.500 e. The highest BCUT2D eigenvalue weighted by Crippen LogP contribution is 2.34. The molecule has 1 saturated heterocycles. The largest absolute Gasteiger partial charge is 0.500 e. The van der Waals surface area contributed by atoms with E-state index in [2.05, 4.69) is 48.5 Å². The molecule has 1 aliphatic rings. The van der Waals surface area contributed by atoms with Crippen molar-refractivity contribution in [3.8, 4) is 0 Å². The minimum atomic E-state index is -0.604. The minimum absolute atomic E-state index is 0.178. The molecule has 0 radical (unpaired) electrons. The van der Waals surface area contributed by atoms with Gasteiger partial charge in [0.1, 0.15) is 6.04 Å². The summed E-state index contributed by atoms with van der Waals surface area (Å²) in [6.07, 6.45) is 4.09. The number of benzene rings is 3. The van der Waals surface area contributed by atoms with Gasteiger partial charge < -0.3 is 10.0 Å². The summed E-state index contributed by atoms with van der Waals surface area (Å²) in [5.74, 6) is -0.690. The first-order chi connectivity index (χ1) is 17.9. The fraction of sp³-hybridized carbons (Fsp3) is 0.323. The maximum atomic E-state index is 13.1. The van der Waals surface area contributed by atoms with Crippen LogP contribution in [0.25, 0.3) is 0 Å². The van der Waals surface area contributed by atoms with Gasteiger partial charge in [-0.25, -0.2) is 0 Å². The fourth-order valence-corrected chi connectivity index (χ4v) is 5.86. The average Bonchev–Trinajstić information content (AvgIpc) is 2.95. The molecule has 3 unspecified atom stereocenters. The molecule has 3 atom stereocenters. The number of thiol groups is 1. The zero-order valence-corrected chi connectivity index (χ0v) is 22.5. The number of carbonyl (C=O) groups excluding carboxylic acids is 2. The van der Waals surface area contributed by atoms with Crippen LogP contribution < -0.4 is 0 Å². The van der Waals surface area contributed by atoms with Crippen LogP contribution in [0.1, 0.15) is 59.5 Å². The molecular weight excluding hydrogens is 498 g/mol. The molecule has 0 aromatic heterocycles. The number of aliphatic hydroxyl groups excluding tert-OH is 1. The molecule has 0 aliphatic carbocycles. The molecule has 0 saturated carbocycles. The van der Waals surface area contributed by atoms with Gasteiger partial charge in [-0.1, -0.05) is 91.0 Å². The molecule has 3 aromatic carbocycles. The molecule has 1 fully saturated rings. The second kappa shape index (κ2) is 13.0. The van der Waals surface area contributed by atoms with Gasteiger partial charge in [-0.15, -0.1) is 0 Å². The Kier molecular flexibility index (Phi) is 9.53. The highest BCUT2D eigenvalue weighted by molar-refractivity contribution is 7.81. The van der Waals surface area contributed by atoms with E-state index < -0.39 is 17.7 Å². The van der Waals surface area contributed by atoms with E-state index in [1.165, 1.54) is 16.0 Å². The monoisotopic (exact) mass is 531 g/mol. The third-order valence-corrected chi connectivity index (χ3v) is 8.02. The van der Waals surface area contributed by atoms with Crippen LogP contribution in [0.3, 0.4) is 0 Å². The highest BCUT2D eigenvalue weighted by Gasteiger charge is 2.37. The summed E-state index contributed by atoms with van der Waals surface area (Å²) < 4.78 is 0. The SMILES string of the molecule is O=C(C(=O)N1CC(CCC(S)CC(c2ccccc2)c2ccccc2)CCC1C(O)=S)c1ccccc1. The van der Waals surface area contributed by atoms with Gasteiger partial charge in [-0.2, -0.15) is 12.6 Å². The fourth-order valence-electron chi connectivity index (χ4n) is 5.26. The van der Waals surface area contributed by atoms with Crippen molar-refractivity contribution in [3.63, 3.8) is 0 Å². The lowest BCUT2D eigenvalue weighted by atomic mass is 9.84. The van der Waals surface area contributed by atoms with Crippen LogP contribution in [0.15, 0.2) is 91.0 Å². The van der Waals surface area contributed by atoms with Crippen LogP contribution in [0, 0.1) is 5.92 Å². The van der Waals surface area contributed by atoms with Crippen molar-refractivity contribution >= 4 is 41.6 Å². The molecule has 3 aromatic rings. The molecule has 0 spiro atoms. The van der Waals surface area contributed by atoms with Gasteiger partial charge in [-0.05, 0) is 61.4 Å². The third-order valence-electron chi connectivity index (χ3n) is 7.28. The van der Waals surface area contributed by atoms with Crippen molar-refractivity contribution in [2.45, 2.75) is 49.3 Å². The average molecular weight is 532 g/mol. The molecule has 1 aliphatic heterocycles. The normalized spacial score (nSPS) is 18.4. The van der Waals surface area contributed by atoms with Crippen molar-refractivity contribution in [3.05, 3.63) is 108 Å². The topological polar surface area (TPSA) is 57.6 Å². The van der Waals surface area contributed by atoms with Gasteiger partial charge in [0.15, 0.2) is 5.05 Å². The second-order valence-electron chi connectivity index (χ2n) is 9.79. The van der Waals surface area contributed by atoms with Gasteiger partial charge in [0.05, 0.1) is 0 Å². The number of piperidine rings is 1. The molecule has 192 valence electrons.